The Hall–Kier alpha value is -2.87. The second-order valence-corrected chi connectivity index (χ2v) is 5.95. The van der Waals surface area contributed by atoms with Crippen LogP contribution < -0.4 is 16.4 Å². The largest absolute Gasteiger partial charge is 0.453 e. The number of aromatic amines is 1. The first-order valence-corrected chi connectivity index (χ1v) is 8.17. The second kappa shape index (κ2) is 7.35. The van der Waals surface area contributed by atoms with Crippen molar-refractivity contribution in [2.24, 2.45) is 5.73 Å². The number of hydrogen-bond donors (Lipinski definition) is 4. The van der Waals surface area contributed by atoms with Crippen molar-refractivity contribution in [1.82, 2.24) is 9.97 Å². The Morgan fingerprint density at radius 2 is 2.24 bits per heavy atom. The van der Waals surface area contributed by atoms with E-state index in [1.165, 1.54) is 7.11 Å². The van der Waals surface area contributed by atoms with E-state index in [9.17, 15) is 9.59 Å². The number of nitrogens with zero attached hydrogens (tertiary/aromatic N) is 1. The lowest BCUT2D eigenvalue weighted by molar-refractivity contribution is -0.116. The number of nitrogens with two attached hydrogens (primary N) is 1. The van der Waals surface area contributed by atoms with Crippen LogP contribution in [-0.2, 0) is 9.53 Å². The fourth-order valence-electron chi connectivity index (χ4n) is 2.78. The summed E-state index contributed by atoms with van der Waals surface area (Å²) >= 11 is 0. The van der Waals surface area contributed by atoms with Crippen molar-refractivity contribution in [2.45, 2.75) is 31.7 Å². The lowest BCUT2D eigenvalue weighted by Gasteiger charge is -2.14. The monoisotopic (exact) mass is 343 g/mol. The molecule has 0 aliphatic carbocycles. The maximum Gasteiger partial charge on any atom is 0.411 e. The van der Waals surface area contributed by atoms with E-state index in [0.717, 1.165) is 30.7 Å². The SMILES string of the molecule is COC(=O)Nc1ccc2c(c1)NC(=O)CCCC[C@H](N)c1nc-2c[nH]1. The molecule has 0 saturated carbocycles. The fourth-order valence-corrected chi connectivity index (χ4v) is 2.78. The normalized spacial score (nSPS) is 17.5. The Kier molecular flexibility index (Phi) is 4.99. The van der Waals surface area contributed by atoms with Gasteiger partial charge < -0.3 is 20.8 Å². The number of carbonyl (C=O) groups excluding carboxylic acids is 2. The van der Waals surface area contributed by atoms with Crippen LogP contribution in [0.1, 0.15) is 37.5 Å². The van der Waals surface area contributed by atoms with Gasteiger partial charge in [0, 0.05) is 23.9 Å². The Bertz CT molecular complexity index is 786. The maximum absolute atomic E-state index is 12.2. The zero-order valence-corrected chi connectivity index (χ0v) is 14.0. The van der Waals surface area contributed by atoms with E-state index in [1.54, 1.807) is 24.4 Å². The van der Waals surface area contributed by atoms with Gasteiger partial charge >= 0.3 is 6.09 Å². The van der Waals surface area contributed by atoms with Crippen molar-refractivity contribution in [1.29, 1.82) is 0 Å². The summed E-state index contributed by atoms with van der Waals surface area (Å²) in [5.41, 5.74) is 8.69. The molecule has 3 rings (SSSR count). The first-order chi connectivity index (χ1) is 12.1. The summed E-state index contributed by atoms with van der Waals surface area (Å²) in [4.78, 5) is 31.3. The van der Waals surface area contributed by atoms with Crippen LogP contribution >= 0.6 is 0 Å². The molecule has 132 valence electrons. The number of hydrogen-bond acceptors (Lipinski definition) is 5. The van der Waals surface area contributed by atoms with Gasteiger partial charge in [0.25, 0.3) is 0 Å². The molecule has 1 aromatic carbocycles. The third-order valence-corrected chi connectivity index (χ3v) is 4.12. The summed E-state index contributed by atoms with van der Waals surface area (Å²) in [5, 5.41) is 5.49. The van der Waals surface area contributed by atoms with Crippen LogP contribution in [0.25, 0.3) is 11.3 Å². The number of benzene rings is 1. The van der Waals surface area contributed by atoms with E-state index in [2.05, 4.69) is 25.3 Å². The smallest absolute Gasteiger partial charge is 0.411 e. The van der Waals surface area contributed by atoms with Crippen LogP contribution in [0.2, 0.25) is 0 Å². The number of anilines is 2. The number of imidazole rings is 1. The predicted molar refractivity (Wildman–Crippen MR) is 94.1 cm³/mol. The Morgan fingerprint density at radius 1 is 1.40 bits per heavy atom. The topological polar surface area (TPSA) is 122 Å². The number of carbonyl (C=O) groups is 2. The quantitative estimate of drug-likeness (QED) is 0.634. The minimum absolute atomic E-state index is 0.0821. The van der Waals surface area contributed by atoms with Gasteiger partial charge in [-0.3, -0.25) is 10.1 Å². The average molecular weight is 343 g/mol. The maximum atomic E-state index is 12.2. The average Bonchev–Trinajstić information content (AvgIpc) is 3.08. The van der Waals surface area contributed by atoms with Gasteiger partial charge in [-0.15, -0.1) is 0 Å². The molecule has 1 aromatic heterocycles. The minimum Gasteiger partial charge on any atom is -0.453 e. The van der Waals surface area contributed by atoms with Gasteiger partial charge in [0.15, 0.2) is 0 Å². The molecule has 2 heterocycles. The molecule has 0 radical (unpaired) electrons. The van der Waals surface area contributed by atoms with Crippen molar-refractivity contribution >= 4 is 23.4 Å². The highest BCUT2D eigenvalue weighted by atomic mass is 16.5. The Morgan fingerprint density at radius 3 is 3.04 bits per heavy atom. The molecule has 1 aliphatic heterocycles. The molecule has 2 aromatic rings. The highest BCUT2D eigenvalue weighted by Crippen LogP contribution is 2.31. The number of H-pyrrole nitrogens is 1. The second-order valence-electron chi connectivity index (χ2n) is 5.95. The van der Waals surface area contributed by atoms with Crippen molar-refractivity contribution in [2.75, 3.05) is 17.7 Å². The molecular weight excluding hydrogens is 322 g/mol. The fraction of sp³-hybridized carbons (Fsp3) is 0.353. The van der Waals surface area contributed by atoms with Crippen LogP contribution in [0.15, 0.2) is 24.4 Å². The number of aromatic nitrogens is 2. The van der Waals surface area contributed by atoms with E-state index in [1.807, 2.05) is 0 Å². The van der Waals surface area contributed by atoms with E-state index >= 15 is 0 Å². The lowest BCUT2D eigenvalue weighted by Crippen LogP contribution is -2.15. The van der Waals surface area contributed by atoms with Crippen LogP contribution in [0.5, 0.6) is 0 Å². The van der Waals surface area contributed by atoms with Gasteiger partial charge in [-0.25, -0.2) is 9.78 Å². The van der Waals surface area contributed by atoms with Crippen molar-refractivity contribution < 1.29 is 14.3 Å². The first-order valence-electron chi connectivity index (χ1n) is 8.17. The molecule has 0 spiro atoms. The third kappa shape index (κ3) is 3.97. The van der Waals surface area contributed by atoms with Crippen LogP contribution in [0.4, 0.5) is 16.2 Å². The third-order valence-electron chi connectivity index (χ3n) is 4.12. The number of methoxy groups -OCH3 is 1. The molecular formula is C17H21N5O3. The summed E-state index contributed by atoms with van der Waals surface area (Å²) in [5.74, 6) is 0.644. The number of ether oxygens (including phenoxy) is 1. The molecule has 5 N–H and O–H groups in total. The summed E-state index contributed by atoms with van der Waals surface area (Å²) in [7, 11) is 1.29. The van der Waals surface area contributed by atoms with Crippen molar-refractivity contribution in [3.63, 3.8) is 0 Å². The molecule has 0 fully saturated rings. The summed E-state index contributed by atoms with van der Waals surface area (Å²) in [6.45, 7) is 0. The molecule has 25 heavy (non-hydrogen) atoms. The highest BCUT2D eigenvalue weighted by molar-refractivity contribution is 5.97. The number of rotatable bonds is 1. The van der Waals surface area contributed by atoms with E-state index in [0.29, 0.717) is 23.5 Å². The number of amides is 2. The van der Waals surface area contributed by atoms with Crippen LogP contribution in [0, 0.1) is 0 Å². The lowest BCUT2D eigenvalue weighted by atomic mass is 10.1. The molecule has 0 unspecified atom stereocenters. The van der Waals surface area contributed by atoms with Gasteiger partial charge in [0.2, 0.25) is 5.91 Å². The Labute approximate surface area is 145 Å². The molecule has 8 heteroatoms. The zero-order chi connectivity index (χ0) is 17.8. The minimum atomic E-state index is -0.576. The molecule has 2 bridgehead atoms. The number of nitrogens with one attached hydrogen (secondary N) is 3. The summed E-state index contributed by atoms with van der Waals surface area (Å²) in [6.07, 6.45) is 3.98. The van der Waals surface area contributed by atoms with Gasteiger partial charge in [0.1, 0.15) is 5.82 Å². The standard InChI is InChI=1S/C17H21N5O3/c1-25-17(24)20-10-6-7-11-13(8-10)21-15(23)5-3-2-4-12(18)16-19-9-14(11)22-16/h6-9,12H,2-5,18H2,1H3,(H,19,22)(H,20,24)(H,21,23)/t12-/m0/s1. The van der Waals surface area contributed by atoms with Crippen molar-refractivity contribution in [3.8, 4) is 11.3 Å². The van der Waals surface area contributed by atoms with E-state index in [4.69, 9.17) is 5.73 Å². The summed E-state index contributed by atoms with van der Waals surface area (Å²) in [6, 6.07) is 5.02. The molecule has 2 amide bonds. The first kappa shape index (κ1) is 17.0. The predicted octanol–water partition coefficient (Wildman–Crippen LogP) is 2.77. The Balaban J connectivity index is 2.00. The van der Waals surface area contributed by atoms with Crippen molar-refractivity contribution in [3.05, 3.63) is 30.2 Å². The molecule has 1 atom stereocenters. The molecule has 1 aliphatic rings. The van der Waals surface area contributed by atoms with Gasteiger partial charge in [-0.2, -0.15) is 0 Å². The zero-order valence-electron chi connectivity index (χ0n) is 14.0. The summed E-state index contributed by atoms with van der Waals surface area (Å²) < 4.78 is 4.60. The number of fused-ring (bicyclic) bond motifs is 4. The van der Waals surface area contributed by atoms with E-state index in [-0.39, 0.29) is 11.9 Å². The van der Waals surface area contributed by atoms with Crippen LogP contribution in [-0.4, -0.2) is 29.1 Å². The van der Waals surface area contributed by atoms with Gasteiger partial charge in [0.05, 0.1) is 24.5 Å². The van der Waals surface area contributed by atoms with Crippen LogP contribution in [0.3, 0.4) is 0 Å². The van der Waals surface area contributed by atoms with E-state index < -0.39 is 6.09 Å². The highest BCUT2D eigenvalue weighted by Gasteiger charge is 2.17. The molecule has 8 nitrogen and oxygen atoms in total. The molecule has 0 saturated heterocycles. The van der Waals surface area contributed by atoms with Gasteiger partial charge in [-0.1, -0.05) is 6.42 Å². The van der Waals surface area contributed by atoms with Gasteiger partial charge in [-0.05, 0) is 31.0 Å².